The topological polar surface area (TPSA) is 56.7 Å². The van der Waals surface area contributed by atoms with Crippen LogP contribution in [0.1, 0.15) is 43.7 Å². The highest BCUT2D eigenvalue weighted by Gasteiger charge is 2.19. The van der Waals surface area contributed by atoms with E-state index in [0.717, 1.165) is 51.2 Å². The fourth-order valence-electron chi connectivity index (χ4n) is 2.90. The Balaban J connectivity index is 1.84. The number of hydrogen-bond donors (Lipinski definition) is 3. The first-order valence-electron chi connectivity index (χ1n) is 8.46. The van der Waals surface area contributed by atoms with Crippen LogP contribution >= 0.6 is 0 Å². The Kier molecular flexibility index (Phi) is 6.72. The average Bonchev–Trinajstić information content (AvgIpc) is 2.50. The molecule has 122 valence electrons. The highest BCUT2D eigenvalue weighted by Crippen LogP contribution is 2.18. The summed E-state index contributed by atoms with van der Waals surface area (Å²) in [6.45, 7) is 5.86. The summed E-state index contributed by atoms with van der Waals surface area (Å²) in [6.07, 6.45) is 4.66. The Bertz CT molecular complexity index is 479. The molecule has 0 aromatic heterocycles. The number of aliphatic imine (C=N–C) groups is 1. The van der Waals surface area contributed by atoms with Gasteiger partial charge in [0.2, 0.25) is 0 Å². The lowest BCUT2D eigenvalue weighted by Gasteiger charge is -2.27. The fourth-order valence-corrected chi connectivity index (χ4v) is 2.90. The third kappa shape index (κ3) is 5.68. The highest BCUT2D eigenvalue weighted by atomic mass is 16.3. The molecule has 0 radical (unpaired) electrons. The van der Waals surface area contributed by atoms with Gasteiger partial charge in [0.15, 0.2) is 5.96 Å². The van der Waals surface area contributed by atoms with Gasteiger partial charge in [0.1, 0.15) is 0 Å². The molecule has 0 spiro atoms. The lowest BCUT2D eigenvalue weighted by molar-refractivity contribution is 0.120. The van der Waals surface area contributed by atoms with Crippen LogP contribution in [0.5, 0.6) is 0 Å². The van der Waals surface area contributed by atoms with E-state index < -0.39 is 0 Å². The Labute approximate surface area is 134 Å². The predicted molar refractivity (Wildman–Crippen MR) is 92.3 cm³/mol. The van der Waals surface area contributed by atoms with Crippen molar-refractivity contribution in [2.45, 2.75) is 58.1 Å². The number of aliphatic hydroxyl groups excluding tert-OH is 1. The van der Waals surface area contributed by atoms with E-state index in [9.17, 15) is 5.11 Å². The van der Waals surface area contributed by atoms with Crippen LogP contribution in [0.4, 0.5) is 0 Å². The Hall–Kier alpha value is -1.55. The molecule has 4 heteroatoms. The Morgan fingerprint density at radius 2 is 2.05 bits per heavy atom. The van der Waals surface area contributed by atoms with Crippen LogP contribution in [0.15, 0.2) is 29.3 Å². The first kappa shape index (κ1) is 16.8. The molecule has 3 N–H and O–H groups in total. The molecule has 22 heavy (non-hydrogen) atoms. The van der Waals surface area contributed by atoms with E-state index in [4.69, 9.17) is 0 Å². The molecule has 0 amide bonds. The summed E-state index contributed by atoms with van der Waals surface area (Å²) in [5.41, 5.74) is 2.63. The zero-order chi connectivity index (χ0) is 15.8. The van der Waals surface area contributed by atoms with E-state index in [1.807, 2.05) is 0 Å². The van der Waals surface area contributed by atoms with Crippen LogP contribution in [0, 0.1) is 6.92 Å². The zero-order valence-electron chi connectivity index (χ0n) is 13.8. The van der Waals surface area contributed by atoms with Gasteiger partial charge >= 0.3 is 0 Å². The second-order valence-electron chi connectivity index (χ2n) is 6.15. The monoisotopic (exact) mass is 303 g/mol. The van der Waals surface area contributed by atoms with Crippen LogP contribution in [0.25, 0.3) is 0 Å². The van der Waals surface area contributed by atoms with Crippen molar-refractivity contribution in [2.75, 3.05) is 13.1 Å². The van der Waals surface area contributed by atoms with Gasteiger partial charge in [-0.3, -0.25) is 4.99 Å². The standard InChI is InChI=1S/C18H29N3O/c1-3-19-18(21-16-7-9-17(22)10-8-16)20-12-11-15-6-4-5-14(2)13-15/h4-6,13,16-17,22H,3,7-12H2,1-2H3,(H2,19,20,21). The number of aliphatic hydroxyl groups is 1. The molecule has 0 bridgehead atoms. The van der Waals surface area contributed by atoms with Crippen LogP contribution in [-0.4, -0.2) is 36.3 Å². The lowest BCUT2D eigenvalue weighted by atomic mass is 9.93. The number of aryl methyl sites for hydroxylation is 1. The molecule has 1 fully saturated rings. The molecule has 0 heterocycles. The molecule has 0 unspecified atom stereocenters. The van der Waals surface area contributed by atoms with E-state index in [0.29, 0.717) is 6.04 Å². The fraction of sp³-hybridized carbons (Fsp3) is 0.611. The molecule has 0 atom stereocenters. The first-order valence-corrected chi connectivity index (χ1v) is 8.46. The molecule has 4 nitrogen and oxygen atoms in total. The third-order valence-electron chi connectivity index (χ3n) is 4.13. The van der Waals surface area contributed by atoms with E-state index in [-0.39, 0.29) is 6.10 Å². The molecule has 0 saturated heterocycles. The van der Waals surface area contributed by atoms with Crippen molar-refractivity contribution in [1.82, 2.24) is 10.6 Å². The second-order valence-corrected chi connectivity index (χ2v) is 6.15. The van der Waals surface area contributed by atoms with Crippen molar-refractivity contribution in [3.63, 3.8) is 0 Å². The predicted octanol–water partition coefficient (Wildman–Crippen LogP) is 2.40. The summed E-state index contributed by atoms with van der Waals surface area (Å²) < 4.78 is 0. The Morgan fingerprint density at radius 3 is 2.73 bits per heavy atom. The average molecular weight is 303 g/mol. The van der Waals surface area contributed by atoms with Gasteiger partial charge in [-0.25, -0.2) is 0 Å². The summed E-state index contributed by atoms with van der Waals surface area (Å²) >= 11 is 0. The molecule has 2 rings (SSSR count). The Morgan fingerprint density at radius 1 is 1.27 bits per heavy atom. The van der Waals surface area contributed by atoms with Gasteiger partial charge < -0.3 is 15.7 Å². The number of guanidine groups is 1. The van der Waals surface area contributed by atoms with E-state index >= 15 is 0 Å². The minimum absolute atomic E-state index is 0.112. The van der Waals surface area contributed by atoms with Gasteiger partial charge in [-0.05, 0) is 51.5 Å². The lowest BCUT2D eigenvalue weighted by Crippen LogP contribution is -2.45. The largest absolute Gasteiger partial charge is 0.393 e. The third-order valence-corrected chi connectivity index (χ3v) is 4.13. The maximum Gasteiger partial charge on any atom is 0.191 e. The van der Waals surface area contributed by atoms with Crippen molar-refractivity contribution in [1.29, 1.82) is 0 Å². The molecular weight excluding hydrogens is 274 g/mol. The van der Waals surface area contributed by atoms with E-state index in [2.05, 4.69) is 53.7 Å². The van der Waals surface area contributed by atoms with E-state index in [1.54, 1.807) is 0 Å². The summed E-state index contributed by atoms with van der Waals surface area (Å²) in [5, 5.41) is 16.4. The maximum absolute atomic E-state index is 9.58. The number of rotatable bonds is 5. The molecule has 1 saturated carbocycles. The normalized spacial score (nSPS) is 22.4. The number of hydrogen-bond acceptors (Lipinski definition) is 2. The summed E-state index contributed by atoms with van der Waals surface area (Å²) in [4.78, 5) is 4.68. The van der Waals surface area contributed by atoms with Crippen molar-refractivity contribution >= 4 is 5.96 Å². The zero-order valence-corrected chi connectivity index (χ0v) is 13.8. The first-order chi connectivity index (χ1) is 10.7. The van der Waals surface area contributed by atoms with Crippen LogP contribution in [-0.2, 0) is 6.42 Å². The van der Waals surface area contributed by atoms with Crippen molar-refractivity contribution < 1.29 is 5.11 Å². The number of benzene rings is 1. The highest BCUT2D eigenvalue weighted by molar-refractivity contribution is 5.80. The molecule has 1 aromatic carbocycles. The van der Waals surface area contributed by atoms with Gasteiger partial charge in [0.05, 0.1) is 6.10 Å². The SMILES string of the molecule is CCNC(=NCCc1cccc(C)c1)NC1CCC(O)CC1. The molecule has 1 aliphatic carbocycles. The van der Waals surface area contributed by atoms with Crippen molar-refractivity contribution in [3.8, 4) is 0 Å². The maximum atomic E-state index is 9.58. The minimum atomic E-state index is -0.112. The van der Waals surface area contributed by atoms with Crippen molar-refractivity contribution in [2.24, 2.45) is 4.99 Å². The summed E-state index contributed by atoms with van der Waals surface area (Å²) in [5.74, 6) is 0.900. The summed E-state index contributed by atoms with van der Waals surface area (Å²) in [7, 11) is 0. The molecule has 1 aliphatic rings. The van der Waals surface area contributed by atoms with Gasteiger partial charge in [0.25, 0.3) is 0 Å². The van der Waals surface area contributed by atoms with Gasteiger partial charge in [0, 0.05) is 19.1 Å². The number of nitrogens with zero attached hydrogens (tertiary/aromatic N) is 1. The summed E-state index contributed by atoms with van der Waals surface area (Å²) in [6, 6.07) is 9.03. The van der Waals surface area contributed by atoms with Gasteiger partial charge in [-0.15, -0.1) is 0 Å². The van der Waals surface area contributed by atoms with E-state index in [1.165, 1.54) is 11.1 Å². The minimum Gasteiger partial charge on any atom is -0.393 e. The molecular formula is C18H29N3O. The van der Waals surface area contributed by atoms with Crippen molar-refractivity contribution in [3.05, 3.63) is 35.4 Å². The second kappa shape index (κ2) is 8.79. The van der Waals surface area contributed by atoms with Gasteiger partial charge in [-0.2, -0.15) is 0 Å². The van der Waals surface area contributed by atoms with Crippen LogP contribution in [0.3, 0.4) is 0 Å². The van der Waals surface area contributed by atoms with Gasteiger partial charge in [-0.1, -0.05) is 29.8 Å². The quantitative estimate of drug-likeness (QED) is 0.578. The van der Waals surface area contributed by atoms with Crippen LogP contribution in [0.2, 0.25) is 0 Å². The number of nitrogens with one attached hydrogen (secondary N) is 2. The molecule has 1 aromatic rings. The molecule has 0 aliphatic heterocycles. The van der Waals surface area contributed by atoms with Crippen LogP contribution < -0.4 is 10.6 Å². The smallest absolute Gasteiger partial charge is 0.191 e.